The summed E-state index contributed by atoms with van der Waals surface area (Å²) in [7, 11) is 1.35. The number of amides is 2. The summed E-state index contributed by atoms with van der Waals surface area (Å²) in [6, 6.07) is 7.43. The predicted octanol–water partition coefficient (Wildman–Crippen LogP) is 3.50. The van der Waals surface area contributed by atoms with E-state index in [1.807, 2.05) is 6.92 Å². The van der Waals surface area contributed by atoms with Crippen LogP contribution in [-0.4, -0.2) is 67.5 Å². The number of hydrogen-bond donors (Lipinski definition) is 1. The van der Waals surface area contributed by atoms with Gasteiger partial charge < -0.3 is 14.6 Å². The summed E-state index contributed by atoms with van der Waals surface area (Å²) >= 11 is 0. The first-order valence-electron chi connectivity index (χ1n) is 14.9. The summed E-state index contributed by atoms with van der Waals surface area (Å²) < 4.78 is 22.3. The Hall–Kier alpha value is -4.81. The molecule has 3 aromatic heterocycles. The van der Waals surface area contributed by atoms with Crippen molar-refractivity contribution in [3.8, 4) is 17.1 Å². The summed E-state index contributed by atoms with van der Waals surface area (Å²) in [4.78, 5) is 67.5. The number of pyridine rings is 1. The van der Waals surface area contributed by atoms with E-state index in [0.29, 0.717) is 61.7 Å². The summed E-state index contributed by atoms with van der Waals surface area (Å²) in [6.07, 6.45) is 5.74. The van der Waals surface area contributed by atoms with Gasteiger partial charge in [-0.25, -0.2) is 19.2 Å². The van der Waals surface area contributed by atoms with Crippen molar-refractivity contribution >= 4 is 28.8 Å². The summed E-state index contributed by atoms with van der Waals surface area (Å²) in [5.41, 5.74) is 0.518. The molecule has 2 aliphatic rings. The molecule has 1 aliphatic heterocycles. The molecule has 0 atom stereocenters. The average molecular weight is 604 g/mol. The number of fused-ring (bicyclic) bond motifs is 1. The summed E-state index contributed by atoms with van der Waals surface area (Å²) in [6.45, 7) is 3.67. The molecular formula is C31H34FN7O5. The molecule has 1 aromatic carbocycles. The van der Waals surface area contributed by atoms with Crippen LogP contribution in [0.4, 0.5) is 10.2 Å². The van der Waals surface area contributed by atoms with Gasteiger partial charge in [-0.05, 0) is 62.4 Å². The lowest BCUT2D eigenvalue weighted by Crippen LogP contribution is -2.39. The highest BCUT2D eigenvalue weighted by atomic mass is 19.1. The van der Waals surface area contributed by atoms with Crippen LogP contribution in [0, 0.1) is 5.82 Å². The zero-order chi connectivity index (χ0) is 31.0. The predicted molar refractivity (Wildman–Crippen MR) is 161 cm³/mol. The van der Waals surface area contributed by atoms with Gasteiger partial charge in [0.1, 0.15) is 17.2 Å². The molecule has 1 N–H and O–H groups in total. The first kappa shape index (κ1) is 29.3. The number of rotatable bonds is 11. The minimum atomic E-state index is -0.656. The molecule has 0 radical (unpaired) electrons. The van der Waals surface area contributed by atoms with Crippen molar-refractivity contribution in [2.45, 2.75) is 58.0 Å². The number of methoxy groups -OCH3 is 1. The maximum Gasteiger partial charge on any atom is 0.332 e. The van der Waals surface area contributed by atoms with Crippen LogP contribution in [0.2, 0.25) is 0 Å². The van der Waals surface area contributed by atoms with Crippen molar-refractivity contribution in [2.24, 2.45) is 0 Å². The number of H-pyrrole nitrogens is 1. The fourth-order valence-electron chi connectivity index (χ4n) is 5.67. The molecule has 0 unspecified atom stereocenters. The molecule has 6 rings (SSSR count). The van der Waals surface area contributed by atoms with E-state index in [1.165, 1.54) is 34.9 Å². The van der Waals surface area contributed by atoms with Crippen LogP contribution < -0.4 is 20.9 Å². The largest absolute Gasteiger partial charge is 0.494 e. The lowest BCUT2D eigenvalue weighted by atomic mass is 10.1. The second kappa shape index (κ2) is 12.1. The van der Waals surface area contributed by atoms with Crippen molar-refractivity contribution in [2.75, 3.05) is 31.6 Å². The third kappa shape index (κ3) is 5.49. The van der Waals surface area contributed by atoms with E-state index in [-0.39, 0.29) is 41.0 Å². The van der Waals surface area contributed by atoms with E-state index < -0.39 is 17.3 Å². The van der Waals surface area contributed by atoms with E-state index in [0.717, 1.165) is 25.3 Å². The maximum atomic E-state index is 14.5. The fourth-order valence-corrected chi connectivity index (χ4v) is 5.67. The Morgan fingerprint density at radius 1 is 1.16 bits per heavy atom. The normalized spacial score (nSPS) is 14.9. The van der Waals surface area contributed by atoms with Gasteiger partial charge in [-0.1, -0.05) is 6.92 Å². The molecule has 1 saturated heterocycles. The Morgan fingerprint density at radius 3 is 2.61 bits per heavy atom. The second-order valence-corrected chi connectivity index (χ2v) is 11.2. The topological polar surface area (TPSA) is 135 Å². The number of benzene rings is 1. The molecule has 230 valence electrons. The minimum Gasteiger partial charge on any atom is -0.494 e. The molecule has 4 heterocycles. The van der Waals surface area contributed by atoms with E-state index >= 15 is 0 Å². The van der Waals surface area contributed by atoms with Crippen LogP contribution in [0.25, 0.3) is 22.6 Å². The van der Waals surface area contributed by atoms with Crippen molar-refractivity contribution in [1.29, 1.82) is 0 Å². The number of nitrogens with zero attached hydrogens (tertiary/aromatic N) is 6. The van der Waals surface area contributed by atoms with Crippen molar-refractivity contribution in [1.82, 2.24) is 29.0 Å². The van der Waals surface area contributed by atoms with Crippen molar-refractivity contribution < 1.29 is 18.7 Å². The Morgan fingerprint density at radius 2 is 1.98 bits per heavy atom. The molecule has 2 amide bonds. The standard InChI is InChI=1S/C31H34FN7O5/c1-3-13-38-30(42)26-28(39(31(38)43)21-9-10-21)35-27(34-26)20-8-12-24(33-18-20)37(16-5-15-36-14-4-6-25(36)40)29(41)19-7-11-23(44-2)22(32)17-19/h7-8,11-12,17-18,21H,3-6,9-10,13-16H2,1-2H3,(H,34,35). The Bertz CT molecular complexity index is 1840. The number of carbonyl (C=O) groups is 2. The van der Waals surface area contributed by atoms with Crippen LogP contribution >= 0.6 is 0 Å². The number of aromatic nitrogens is 5. The highest BCUT2D eigenvalue weighted by molar-refractivity contribution is 6.05. The number of aromatic amines is 1. The number of halogens is 1. The Labute approximate surface area is 252 Å². The van der Waals surface area contributed by atoms with E-state index in [4.69, 9.17) is 4.74 Å². The Balaban J connectivity index is 1.32. The van der Waals surface area contributed by atoms with E-state index in [2.05, 4.69) is 15.0 Å². The molecule has 4 aromatic rings. The van der Waals surface area contributed by atoms with E-state index in [9.17, 15) is 23.6 Å². The van der Waals surface area contributed by atoms with Gasteiger partial charge in [-0.15, -0.1) is 0 Å². The molecule has 0 spiro atoms. The number of hydrogen-bond acceptors (Lipinski definition) is 7. The highest BCUT2D eigenvalue weighted by Gasteiger charge is 2.30. The van der Waals surface area contributed by atoms with Crippen LogP contribution in [0.3, 0.4) is 0 Å². The highest BCUT2D eigenvalue weighted by Crippen LogP contribution is 2.35. The number of likely N-dealkylation sites (tertiary alicyclic amines) is 1. The number of imidazole rings is 1. The maximum absolute atomic E-state index is 14.5. The molecular weight excluding hydrogens is 569 g/mol. The monoisotopic (exact) mass is 603 g/mol. The third-order valence-corrected chi connectivity index (χ3v) is 8.09. The van der Waals surface area contributed by atoms with Gasteiger partial charge in [0.2, 0.25) is 5.91 Å². The van der Waals surface area contributed by atoms with Crippen molar-refractivity contribution in [3.63, 3.8) is 0 Å². The zero-order valence-corrected chi connectivity index (χ0v) is 24.7. The van der Waals surface area contributed by atoms with Crippen LogP contribution in [0.5, 0.6) is 5.75 Å². The molecule has 13 heteroatoms. The summed E-state index contributed by atoms with van der Waals surface area (Å²) in [5, 5.41) is 0. The van der Waals surface area contributed by atoms with Gasteiger partial charge in [0.15, 0.2) is 17.2 Å². The van der Waals surface area contributed by atoms with Gasteiger partial charge in [0.25, 0.3) is 11.5 Å². The molecule has 12 nitrogen and oxygen atoms in total. The molecule has 0 bridgehead atoms. The average Bonchev–Trinajstić information content (AvgIpc) is 3.62. The first-order valence-corrected chi connectivity index (χ1v) is 14.9. The SMILES string of the molecule is CCCn1c(=O)c2[nH]c(-c3ccc(N(CCCN4CCCC4=O)C(=O)c4ccc(OC)c(F)c4)nc3)nc2n(C2CC2)c1=O. The van der Waals surface area contributed by atoms with E-state index in [1.54, 1.807) is 21.6 Å². The van der Waals surface area contributed by atoms with Gasteiger partial charge in [-0.2, -0.15) is 0 Å². The number of ether oxygens (including phenoxy) is 1. The van der Waals surface area contributed by atoms with Gasteiger partial charge in [0.05, 0.1) is 7.11 Å². The second-order valence-electron chi connectivity index (χ2n) is 11.2. The molecule has 1 saturated carbocycles. The first-order chi connectivity index (χ1) is 21.3. The summed E-state index contributed by atoms with van der Waals surface area (Å²) in [5.74, 6) is -0.268. The quantitative estimate of drug-likeness (QED) is 0.277. The van der Waals surface area contributed by atoms with Gasteiger partial charge in [-0.3, -0.25) is 28.4 Å². The Kier molecular flexibility index (Phi) is 8.02. The van der Waals surface area contributed by atoms with Gasteiger partial charge in [0, 0.05) is 56.0 Å². The zero-order valence-electron chi connectivity index (χ0n) is 24.7. The minimum absolute atomic E-state index is 0.0172. The van der Waals surface area contributed by atoms with Crippen LogP contribution in [-0.2, 0) is 11.3 Å². The van der Waals surface area contributed by atoms with Gasteiger partial charge >= 0.3 is 5.69 Å². The van der Waals surface area contributed by atoms with Crippen molar-refractivity contribution in [3.05, 3.63) is 68.7 Å². The smallest absolute Gasteiger partial charge is 0.332 e. The van der Waals surface area contributed by atoms with Crippen LogP contribution in [0.1, 0.15) is 61.8 Å². The van der Waals surface area contributed by atoms with Crippen LogP contribution in [0.15, 0.2) is 46.1 Å². The fraction of sp³-hybridized carbons (Fsp3) is 0.419. The lowest BCUT2D eigenvalue weighted by molar-refractivity contribution is -0.127. The lowest BCUT2D eigenvalue weighted by Gasteiger charge is -2.24. The number of anilines is 1. The number of nitrogens with one attached hydrogen (secondary N) is 1. The number of carbonyl (C=O) groups excluding carboxylic acids is 2. The molecule has 2 fully saturated rings. The molecule has 1 aliphatic carbocycles. The molecule has 44 heavy (non-hydrogen) atoms. The third-order valence-electron chi connectivity index (χ3n) is 8.09.